The standard InChI is InChI=1S/C32H33N/c1-31(2,3)26-19-13-21-28(29(26)32(4,5)6)33-27-20-11-10-16-24(27)25-18-12-17-23(30(25)33)22-14-8-7-9-15-22/h7-21H,1-6H3. The summed E-state index contributed by atoms with van der Waals surface area (Å²) in [5.74, 6) is 0. The van der Waals surface area contributed by atoms with E-state index >= 15 is 0 Å². The van der Waals surface area contributed by atoms with E-state index in [4.69, 9.17) is 0 Å². The Labute approximate surface area is 197 Å². The Kier molecular flexibility index (Phi) is 4.97. The number of hydrogen-bond donors (Lipinski definition) is 0. The Balaban J connectivity index is 2.00. The van der Waals surface area contributed by atoms with Crippen molar-refractivity contribution in [3.8, 4) is 16.8 Å². The molecule has 4 aromatic carbocycles. The summed E-state index contributed by atoms with van der Waals surface area (Å²) in [6.45, 7) is 14.0. The zero-order valence-electron chi connectivity index (χ0n) is 20.6. The fraction of sp³-hybridized carbons (Fsp3) is 0.250. The monoisotopic (exact) mass is 431 g/mol. The summed E-state index contributed by atoms with van der Waals surface area (Å²) < 4.78 is 2.52. The molecule has 0 unspecified atom stereocenters. The quantitative estimate of drug-likeness (QED) is 0.263. The van der Waals surface area contributed by atoms with Crippen LogP contribution in [0.15, 0.2) is 91.0 Å². The van der Waals surface area contributed by atoms with Crippen molar-refractivity contribution in [1.82, 2.24) is 4.57 Å². The van der Waals surface area contributed by atoms with Gasteiger partial charge in [0.2, 0.25) is 0 Å². The second-order valence-electron chi connectivity index (χ2n) is 11.1. The van der Waals surface area contributed by atoms with Gasteiger partial charge < -0.3 is 4.57 Å². The summed E-state index contributed by atoms with van der Waals surface area (Å²) in [4.78, 5) is 0. The van der Waals surface area contributed by atoms with Gasteiger partial charge in [-0.15, -0.1) is 0 Å². The molecule has 0 N–H and O–H groups in total. The molecule has 33 heavy (non-hydrogen) atoms. The van der Waals surface area contributed by atoms with Crippen molar-refractivity contribution < 1.29 is 0 Å². The Morgan fingerprint density at radius 1 is 0.545 bits per heavy atom. The Hall–Kier alpha value is -3.32. The zero-order valence-corrected chi connectivity index (χ0v) is 20.6. The van der Waals surface area contributed by atoms with Crippen molar-refractivity contribution in [2.45, 2.75) is 52.4 Å². The molecule has 0 fully saturated rings. The molecule has 0 saturated carbocycles. The molecule has 5 aromatic rings. The normalized spacial score (nSPS) is 12.5. The maximum Gasteiger partial charge on any atom is 0.0619 e. The largest absolute Gasteiger partial charge is 0.308 e. The van der Waals surface area contributed by atoms with E-state index in [1.165, 1.54) is 49.7 Å². The van der Waals surface area contributed by atoms with E-state index in [2.05, 4.69) is 137 Å². The van der Waals surface area contributed by atoms with Crippen molar-refractivity contribution in [2.24, 2.45) is 0 Å². The second kappa shape index (κ2) is 7.63. The van der Waals surface area contributed by atoms with Crippen LogP contribution < -0.4 is 0 Å². The maximum absolute atomic E-state index is 2.52. The van der Waals surface area contributed by atoms with Gasteiger partial charge in [-0.25, -0.2) is 0 Å². The number of rotatable bonds is 2. The van der Waals surface area contributed by atoms with Gasteiger partial charge >= 0.3 is 0 Å². The number of fused-ring (bicyclic) bond motifs is 3. The average molecular weight is 432 g/mol. The van der Waals surface area contributed by atoms with Crippen LogP contribution in [0.4, 0.5) is 0 Å². The van der Waals surface area contributed by atoms with Gasteiger partial charge in [-0.2, -0.15) is 0 Å². The summed E-state index contributed by atoms with van der Waals surface area (Å²) >= 11 is 0. The van der Waals surface area contributed by atoms with Gasteiger partial charge in [0.1, 0.15) is 0 Å². The average Bonchev–Trinajstić information content (AvgIpc) is 3.12. The minimum Gasteiger partial charge on any atom is -0.308 e. The molecule has 0 saturated heterocycles. The summed E-state index contributed by atoms with van der Waals surface area (Å²) in [6, 6.07) is 33.2. The van der Waals surface area contributed by atoms with Crippen LogP contribution >= 0.6 is 0 Å². The number of para-hydroxylation sites is 2. The minimum absolute atomic E-state index is 0.00139. The maximum atomic E-state index is 2.52. The van der Waals surface area contributed by atoms with Crippen LogP contribution in [0.1, 0.15) is 52.7 Å². The molecular formula is C32H33N. The van der Waals surface area contributed by atoms with Gasteiger partial charge in [0.25, 0.3) is 0 Å². The van der Waals surface area contributed by atoms with Crippen LogP contribution in [0, 0.1) is 0 Å². The van der Waals surface area contributed by atoms with Gasteiger partial charge in [-0.3, -0.25) is 0 Å². The molecule has 5 rings (SSSR count). The van der Waals surface area contributed by atoms with Crippen LogP contribution in [-0.2, 0) is 10.8 Å². The third-order valence-corrected chi connectivity index (χ3v) is 6.62. The van der Waals surface area contributed by atoms with E-state index in [1.807, 2.05) is 0 Å². The molecule has 0 radical (unpaired) electrons. The van der Waals surface area contributed by atoms with Crippen molar-refractivity contribution >= 4 is 21.8 Å². The van der Waals surface area contributed by atoms with E-state index < -0.39 is 0 Å². The molecule has 1 heterocycles. The van der Waals surface area contributed by atoms with E-state index in [0.29, 0.717) is 0 Å². The third-order valence-electron chi connectivity index (χ3n) is 6.62. The molecule has 0 amide bonds. The smallest absolute Gasteiger partial charge is 0.0619 e. The lowest BCUT2D eigenvalue weighted by Crippen LogP contribution is -2.24. The van der Waals surface area contributed by atoms with Gasteiger partial charge in [0, 0.05) is 16.3 Å². The highest BCUT2D eigenvalue weighted by Crippen LogP contribution is 2.43. The highest BCUT2D eigenvalue weighted by Gasteiger charge is 2.29. The van der Waals surface area contributed by atoms with Crippen LogP contribution in [0.3, 0.4) is 0 Å². The number of benzene rings is 4. The first-order valence-electron chi connectivity index (χ1n) is 11.9. The Bertz CT molecular complexity index is 1450. The minimum atomic E-state index is -0.00139. The first-order chi connectivity index (χ1) is 15.7. The van der Waals surface area contributed by atoms with Crippen molar-refractivity contribution in [3.63, 3.8) is 0 Å². The summed E-state index contributed by atoms with van der Waals surface area (Å²) in [5, 5.41) is 2.60. The SMILES string of the molecule is CC(C)(C)c1cccc(-n2c3ccccc3c3cccc(-c4ccccc4)c32)c1C(C)(C)C. The van der Waals surface area contributed by atoms with Crippen LogP contribution in [-0.4, -0.2) is 4.57 Å². The summed E-state index contributed by atoms with van der Waals surface area (Å²) in [6.07, 6.45) is 0. The van der Waals surface area contributed by atoms with Crippen LogP contribution in [0.25, 0.3) is 38.6 Å². The zero-order chi connectivity index (χ0) is 23.4. The molecule has 1 aromatic heterocycles. The van der Waals surface area contributed by atoms with Gasteiger partial charge in [0.15, 0.2) is 0 Å². The van der Waals surface area contributed by atoms with E-state index in [0.717, 1.165) is 0 Å². The van der Waals surface area contributed by atoms with E-state index in [9.17, 15) is 0 Å². The molecule has 0 aliphatic heterocycles. The fourth-order valence-corrected chi connectivity index (χ4v) is 5.26. The molecule has 0 aliphatic carbocycles. The molecule has 0 spiro atoms. The van der Waals surface area contributed by atoms with E-state index in [-0.39, 0.29) is 10.8 Å². The molecule has 1 nitrogen and oxygen atoms in total. The van der Waals surface area contributed by atoms with Gasteiger partial charge in [0.05, 0.1) is 16.7 Å². The second-order valence-corrected chi connectivity index (χ2v) is 11.1. The topological polar surface area (TPSA) is 4.93 Å². The number of hydrogen-bond acceptors (Lipinski definition) is 0. The van der Waals surface area contributed by atoms with Gasteiger partial charge in [-0.1, -0.05) is 120 Å². The Morgan fingerprint density at radius 2 is 1.18 bits per heavy atom. The molecule has 0 aliphatic rings. The molecule has 1 heteroatoms. The van der Waals surface area contributed by atoms with Crippen molar-refractivity contribution in [1.29, 1.82) is 0 Å². The van der Waals surface area contributed by atoms with Gasteiger partial charge in [-0.05, 0) is 39.7 Å². The Morgan fingerprint density at radius 3 is 1.88 bits per heavy atom. The fourth-order valence-electron chi connectivity index (χ4n) is 5.26. The van der Waals surface area contributed by atoms with Crippen LogP contribution in [0.2, 0.25) is 0 Å². The molecule has 0 atom stereocenters. The lowest BCUT2D eigenvalue weighted by atomic mass is 9.74. The highest BCUT2D eigenvalue weighted by molar-refractivity contribution is 6.13. The van der Waals surface area contributed by atoms with Crippen molar-refractivity contribution in [3.05, 3.63) is 102 Å². The first kappa shape index (κ1) is 21.5. The molecule has 166 valence electrons. The number of nitrogens with zero attached hydrogens (tertiary/aromatic N) is 1. The predicted octanol–water partition coefficient (Wildman–Crippen LogP) is 9.05. The summed E-state index contributed by atoms with van der Waals surface area (Å²) in [5.41, 5.74) is 9.22. The lowest BCUT2D eigenvalue weighted by Gasteiger charge is -2.33. The first-order valence-corrected chi connectivity index (χ1v) is 11.9. The van der Waals surface area contributed by atoms with E-state index in [1.54, 1.807) is 0 Å². The number of aromatic nitrogens is 1. The van der Waals surface area contributed by atoms with Crippen molar-refractivity contribution in [2.75, 3.05) is 0 Å². The summed E-state index contributed by atoms with van der Waals surface area (Å²) in [7, 11) is 0. The predicted molar refractivity (Wildman–Crippen MR) is 144 cm³/mol. The lowest BCUT2D eigenvalue weighted by molar-refractivity contribution is 0.528. The molecule has 0 bridgehead atoms. The highest BCUT2D eigenvalue weighted by atomic mass is 15.0. The molecular weight excluding hydrogens is 398 g/mol. The van der Waals surface area contributed by atoms with Crippen LogP contribution in [0.5, 0.6) is 0 Å². The third kappa shape index (κ3) is 3.56.